The predicted molar refractivity (Wildman–Crippen MR) is 68.5 cm³/mol. The highest BCUT2D eigenvalue weighted by atomic mass is 16.5. The summed E-state index contributed by atoms with van der Waals surface area (Å²) >= 11 is 0. The highest BCUT2D eigenvalue weighted by Crippen LogP contribution is 2.61. The molecule has 2 heteroatoms. The van der Waals surface area contributed by atoms with Gasteiger partial charge in [0.1, 0.15) is 11.5 Å². The maximum absolute atomic E-state index is 12.5. The normalized spacial score (nSPS) is 33.9. The minimum absolute atomic E-state index is 0.0321. The summed E-state index contributed by atoms with van der Waals surface area (Å²) < 4.78 is 5.23. The highest BCUT2D eigenvalue weighted by Gasteiger charge is 2.60. The number of carbonyl (C=O) groups is 1. The van der Waals surface area contributed by atoms with Crippen molar-refractivity contribution in [3.05, 3.63) is 24.0 Å². The zero-order chi connectivity index (χ0) is 12.9. The SMILES string of the molecule is COC1=CCC2(C=C1)CC(C)(C)C(=O)C2(C)C. The number of rotatable bonds is 1. The maximum Gasteiger partial charge on any atom is 0.144 e. The molecule has 0 amide bonds. The van der Waals surface area contributed by atoms with Crippen LogP contribution in [0, 0.1) is 16.2 Å². The van der Waals surface area contributed by atoms with Crippen LogP contribution in [0.3, 0.4) is 0 Å². The van der Waals surface area contributed by atoms with Gasteiger partial charge in [0.25, 0.3) is 0 Å². The molecule has 2 aliphatic carbocycles. The van der Waals surface area contributed by atoms with E-state index in [1.165, 1.54) is 0 Å². The molecule has 0 heterocycles. The molecule has 1 fully saturated rings. The molecular formula is C15H22O2. The monoisotopic (exact) mass is 234 g/mol. The lowest BCUT2D eigenvalue weighted by molar-refractivity contribution is -0.132. The molecule has 17 heavy (non-hydrogen) atoms. The lowest BCUT2D eigenvalue weighted by Crippen LogP contribution is -2.36. The van der Waals surface area contributed by atoms with Crippen molar-refractivity contribution in [2.45, 2.75) is 40.5 Å². The van der Waals surface area contributed by atoms with Gasteiger partial charge in [-0.1, -0.05) is 33.8 Å². The minimum Gasteiger partial charge on any atom is -0.497 e. The molecule has 94 valence electrons. The first-order valence-corrected chi connectivity index (χ1v) is 6.23. The van der Waals surface area contributed by atoms with Crippen LogP contribution in [0.4, 0.5) is 0 Å². The average molecular weight is 234 g/mol. The Hall–Kier alpha value is -1.05. The van der Waals surface area contributed by atoms with Crippen LogP contribution in [0.15, 0.2) is 24.0 Å². The van der Waals surface area contributed by atoms with Crippen LogP contribution in [-0.2, 0) is 9.53 Å². The second kappa shape index (κ2) is 3.47. The zero-order valence-corrected chi connectivity index (χ0v) is 11.5. The Balaban J connectivity index is 2.39. The Kier molecular flexibility index (Phi) is 2.53. The van der Waals surface area contributed by atoms with Crippen molar-refractivity contribution < 1.29 is 9.53 Å². The molecule has 1 atom stereocenters. The fraction of sp³-hybridized carbons (Fsp3) is 0.667. The molecule has 2 aliphatic rings. The second-order valence-electron chi connectivity index (χ2n) is 6.52. The van der Waals surface area contributed by atoms with Crippen LogP contribution >= 0.6 is 0 Å². The lowest BCUT2D eigenvalue weighted by atomic mass is 9.64. The number of ketones is 1. The van der Waals surface area contributed by atoms with Crippen LogP contribution in [0.1, 0.15) is 40.5 Å². The maximum atomic E-state index is 12.5. The van der Waals surface area contributed by atoms with Gasteiger partial charge in [0.2, 0.25) is 0 Å². The van der Waals surface area contributed by atoms with Crippen LogP contribution in [0.5, 0.6) is 0 Å². The summed E-state index contributed by atoms with van der Waals surface area (Å²) in [7, 11) is 1.68. The molecule has 1 unspecified atom stereocenters. The van der Waals surface area contributed by atoms with Gasteiger partial charge < -0.3 is 4.74 Å². The first kappa shape index (κ1) is 12.4. The summed E-state index contributed by atoms with van der Waals surface area (Å²) in [5, 5.41) is 0. The minimum atomic E-state index is -0.289. The Morgan fingerprint density at radius 2 is 1.88 bits per heavy atom. The van der Waals surface area contributed by atoms with E-state index in [1.807, 2.05) is 6.08 Å². The lowest BCUT2D eigenvalue weighted by Gasteiger charge is -2.38. The molecule has 0 aromatic heterocycles. The molecule has 0 saturated heterocycles. The second-order valence-corrected chi connectivity index (χ2v) is 6.52. The molecule has 0 aromatic rings. The first-order valence-electron chi connectivity index (χ1n) is 6.23. The molecule has 0 radical (unpaired) electrons. The predicted octanol–water partition coefficient (Wildman–Crippen LogP) is 3.49. The molecule has 2 rings (SSSR count). The Morgan fingerprint density at radius 1 is 1.24 bits per heavy atom. The van der Waals surface area contributed by atoms with Crippen LogP contribution in [-0.4, -0.2) is 12.9 Å². The van der Waals surface area contributed by atoms with Crippen molar-refractivity contribution in [1.82, 2.24) is 0 Å². The van der Waals surface area contributed by atoms with Crippen molar-refractivity contribution >= 4 is 5.78 Å². The van der Waals surface area contributed by atoms with Gasteiger partial charge in [-0.25, -0.2) is 0 Å². The van der Waals surface area contributed by atoms with E-state index in [4.69, 9.17) is 4.74 Å². The largest absolute Gasteiger partial charge is 0.497 e. The zero-order valence-electron chi connectivity index (χ0n) is 11.5. The molecule has 0 aliphatic heterocycles. The van der Waals surface area contributed by atoms with E-state index in [2.05, 4.69) is 39.8 Å². The fourth-order valence-electron chi connectivity index (χ4n) is 3.57. The number of ether oxygens (including phenoxy) is 1. The van der Waals surface area contributed by atoms with Crippen LogP contribution < -0.4 is 0 Å². The number of methoxy groups -OCH3 is 1. The van der Waals surface area contributed by atoms with E-state index >= 15 is 0 Å². The quantitative estimate of drug-likeness (QED) is 0.694. The van der Waals surface area contributed by atoms with E-state index < -0.39 is 0 Å². The van der Waals surface area contributed by atoms with Crippen molar-refractivity contribution in [2.24, 2.45) is 16.2 Å². The third-order valence-electron chi connectivity index (χ3n) is 4.65. The third-order valence-corrected chi connectivity index (χ3v) is 4.65. The number of allylic oxidation sites excluding steroid dienone is 3. The van der Waals surface area contributed by atoms with Crippen molar-refractivity contribution in [3.63, 3.8) is 0 Å². The van der Waals surface area contributed by atoms with E-state index in [0.717, 1.165) is 18.6 Å². The Morgan fingerprint density at radius 3 is 2.24 bits per heavy atom. The number of hydrogen-bond donors (Lipinski definition) is 0. The van der Waals surface area contributed by atoms with Crippen LogP contribution in [0.2, 0.25) is 0 Å². The third kappa shape index (κ3) is 1.57. The van der Waals surface area contributed by atoms with Gasteiger partial charge in [-0.05, 0) is 25.0 Å². The van der Waals surface area contributed by atoms with E-state index in [0.29, 0.717) is 5.78 Å². The molecule has 1 saturated carbocycles. The number of hydrogen-bond acceptors (Lipinski definition) is 2. The van der Waals surface area contributed by atoms with Crippen molar-refractivity contribution in [3.8, 4) is 0 Å². The van der Waals surface area contributed by atoms with Gasteiger partial charge in [0.15, 0.2) is 0 Å². The summed E-state index contributed by atoms with van der Waals surface area (Å²) in [6.45, 7) is 8.30. The van der Waals surface area contributed by atoms with Gasteiger partial charge in [0.05, 0.1) is 7.11 Å². The molecular weight excluding hydrogens is 212 g/mol. The summed E-state index contributed by atoms with van der Waals surface area (Å²) in [5.74, 6) is 1.28. The van der Waals surface area contributed by atoms with Gasteiger partial charge in [-0.15, -0.1) is 0 Å². The number of carbonyl (C=O) groups excluding carboxylic acids is 1. The number of Topliss-reactive ketones (excluding diaryl/α,β-unsaturated/α-hetero) is 1. The first-order chi connectivity index (χ1) is 7.75. The average Bonchev–Trinajstić information content (AvgIpc) is 2.39. The Labute approximate surface area is 104 Å². The van der Waals surface area contributed by atoms with E-state index in [9.17, 15) is 4.79 Å². The summed E-state index contributed by atoms with van der Waals surface area (Å²) in [6.07, 6.45) is 8.14. The van der Waals surface area contributed by atoms with Crippen LogP contribution in [0.25, 0.3) is 0 Å². The molecule has 0 N–H and O–H groups in total. The smallest absolute Gasteiger partial charge is 0.144 e. The summed E-state index contributed by atoms with van der Waals surface area (Å²) in [6, 6.07) is 0. The molecule has 0 aromatic carbocycles. The van der Waals surface area contributed by atoms with E-state index in [1.54, 1.807) is 7.11 Å². The fourth-order valence-corrected chi connectivity index (χ4v) is 3.57. The standard InChI is InChI=1S/C15H22O2/c1-13(2)10-15(14(3,4)12(13)16)8-6-11(17-5)7-9-15/h6-8H,9-10H2,1-5H3. The molecule has 2 nitrogen and oxygen atoms in total. The van der Waals surface area contributed by atoms with Crippen molar-refractivity contribution in [2.75, 3.05) is 7.11 Å². The molecule has 0 bridgehead atoms. The Bertz CT molecular complexity index is 413. The van der Waals surface area contributed by atoms with Gasteiger partial charge in [-0.2, -0.15) is 0 Å². The van der Waals surface area contributed by atoms with E-state index in [-0.39, 0.29) is 16.2 Å². The summed E-state index contributed by atoms with van der Waals surface area (Å²) in [5.41, 5.74) is -0.537. The topological polar surface area (TPSA) is 26.3 Å². The van der Waals surface area contributed by atoms with Crippen molar-refractivity contribution in [1.29, 1.82) is 0 Å². The van der Waals surface area contributed by atoms with Gasteiger partial charge >= 0.3 is 0 Å². The summed E-state index contributed by atoms with van der Waals surface area (Å²) in [4.78, 5) is 12.5. The van der Waals surface area contributed by atoms with Gasteiger partial charge in [0, 0.05) is 16.2 Å². The van der Waals surface area contributed by atoms with Gasteiger partial charge in [-0.3, -0.25) is 4.79 Å². The molecule has 1 spiro atoms. The highest BCUT2D eigenvalue weighted by molar-refractivity contribution is 5.93.